The number of nitrogens with zero attached hydrogens (tertiary/aromatic N) is 6. The molecule has 6 aliphatic heterocycles. The molecule has 6 fully saturated rings. The first-order valence-electron chi connectivity index (χ1n) is 19.1. The van der Waals surface area contributed by atoms with Gasteiger partial charge >= 0.3 is 0 Å². The molecule has 46 heavy (non-hydrogen) atoms. The van der Waals surface area contributed by atoms with E-state index < -0.39 is 0 Å². The molecule has 0 bridgehead atoms. The lowest BCUT2D eigenvalue weighted by molar-refractivity contribution is -0.898. The van der Waals surface area contributed by atoms with Gasteiger partial charge in [0.25, 0.3) is 0 Å². The second kappa shape index (κ2) is 23.9. The number of hydrogen-bond acceptors (Lipinski definition) is 5. The number of aliphatic hydroxyl groups excluding tert-OH is 1. The van der Waals surface area contributed by atoms with Gasteiger partial charge in [-0.05, 0) is 71.5 Å². The van der Waals surface area contributed by atoms with Crippen LogP contribution in [0, 0.1) is 0 Å². The maximum Gasteiger partial charge on any atom is 0.102 e. The second-order valence-corrected chi connectivity index (χ2v) is 17.2. The lowest BCUT2D eigenvalue weighted by Gasteiger charge is -2.33. The first-order valence-corrected chi connectivity index (χ1v) is 19.1. The first-order chi connectivity index (χ1) is 21.7. The van der Waals surface area contributed by atoms with Gasteiger partial charge in [-0.1, -0.05) is 0 Å². The number of quaternary nitrogens is 4. The summed E-state index contributed by atoms with van der Waals surface area (Å²) in [6, 6.07) is 0. The minimum atomic E-state index is 0.264. The molecule has 0 aromatic heterocycles. The van der Waals surface area contributed by atoms with Gasteiger partial charge in [0, 0.05) is 32.5 Å². The van der Waals surface area contributed by atoms with Crippen LogP contribution < -0.4 is 0 Å². The number of β-amino-alcohol motifs (C(OH)–C–C–N with tert-alkyl or cyclic N) is 1. The zero-order valence-electron chi connectivity index (χ0n) is 32.7. The largest absolute Gasteiger partial charge is 0.395 e. The minimum absolute atomic E-state index is 0.264. The molecule has 6 heterocycles. The van der Waals surface area contributed by atoms with Gasteiger partial charge in [0.1, 0.15) is 13.1 Å². The monoisotopic (exact) mass is 661 g/mol. The number of hydrogen-bond donors (Lipinski definition) is 1. The standard InChI is InChI=1S/2C7H16N.C6H13NO2.C6H14NO.C6H14N.C5H11N/c2*1-8(2)6-4-3-5-7-8;8-4-1-7-2-5-9-6-3-7;1-7(2)3-5-8-6-4-7;1-7(2)5-3-4-6-7;1-6-4-2-3-5-6/h2*3-7H2,1-2H3;8H,1-6H2;3-6H2,1-2H3;3-6H2,1-2H3;2-5H2,1H3/q2*+1;;2*+1;. The third kappa shape index (κ3) is 24.7. The fourth-order valence-corrected chi connectivity index (χ4v) is 6.61. The topological polar surface area (TPSA) is 45.2 Å². The van der Waals surface area contributed by atoms with Crippen molar-refractivity contribution in [3.63, 3.8) is 0 Å². The highest BCUT2D eigenvalue weighted by Crippen LogP contribution is 2.13. The average molecular weight is 661 g/mol. The minimum Gasteiger partial charge on any atom is -0.395 e. The SMILES string of the molecule is CN1CCCC1.C[N+]1(C)CCCC1.C[N+]1(C)CCCCC1.C[N+]1(C)CCCCC1.C[N+]1(C)CCOCC1.OCCN1CCOCC1. The van der Waals surface area contributed by atoms with Crippen molar-refractivity contribution >= 4 is 0 Å². The molecular weight excluding hydrogens is 576 g/mol. The lowest BCUT2D eigenvalue weighted by Crippen LogP contribution is -2.48. The summed E-state index contributed by atoms with van der Waals surface area (Å²) in [5.41, 5.74) is 0. The van der Waals surface area contributed by atoms with Crippen molar-refractivity contribution in [2.75, 3.05) is 182 Å². The van der Waals surface area contributed by atoms with E-state index in [4.69, 9.17) is 14.6 Å². The van der Waals surface area contributed by atoms with Crippen molar-refractivity contribution in [2.24, 2.45) is 0 Å². The quantitative estimate of drug-likeness (QED) is 0.460. The summed E-state index contributed by atoms with van der Waals surface area (Å²) >= 11 is 0. The third-order valence-electron chi connectivity index (χ3n) is 10.4. The molecule has 0 amide bonds. The molecule has 0 aromatic carbocycles. The van der Waals surface area contributed by atoms with E-state index in [2.05, 4.69) is 73.2 Å². The summed E-state index contributed by atoms with van der Waals surface area (Å²) in [4.78, 5) is 4.56. The highest BCUT2D eigenvalue weighted by molar-refractivity contribution is 4.60. The molecule has 0 atom stereocenters. The van der Waals surface area contributed by atoms with Gasteiger partial charge in [-0.2, -0.15) is 0 Å². The van der Waals surface area contributed by atoms with Crippen LogP contribution in [0.25, 0.3) is 0 Å². The summed E-state index contributed by atoms with van der Waals surface area (Å²) in [5, 5.41) is 8.54. The Morgan fingerprint density at radius 2 is 0.761 bits per heavy atom. The molecule has 1 N–H and O–H groups in total. The zero-order valence-corrected chi connectivity index (χ0v) is 32.7. The molecule has 9 nitrogen and oxygen atoms in total. The lowest BCUT2D eigenvalue weighted by atomic mass is 10.1. The number of likely N-dealkylation sites (N-methyl/N-ethyl adjacent to an activating group) is 1. The Bertz CT molecular complexity index is 635. The van der Waals surface area contributed by atoms with Crippen LogP contribution in [0.1, 0.15) is 64.2 Å². The van der Waals surface area contributed by atoms with Crippen molar-refractivity contribution in [1.82, 2.24) is 9.80 Å². The van der Waals surface area contributed by atoms with E-state index in [1.165, 1.54) is 143 Å². The maximum absolute atomic E-state index is 8.54. The number of ether oxygens (including phenoxy) is 2. The van der Waals surface area contributed by atoms with Crippen LogP contribution in [0.5, 0.6) is 0 Å². The molecule has 0 spiro atoms. The Balaban J connectivity index is 0.000000277. The molecule has 0 aliphatic carbocycles. The molecule has 6 aliphatic rings. The Kier molecular flexibility index (Phi) is 22.7. The molecule has 9 heteroatoms. The number of rotatable bonds is 2. The molecule has 6 saturated heterocycles. The van der Waals surface area contributed by atoms with Crippen LogP contribution in [0.3, 0.4) is 0 Å². The number of aliphatic hydroxyl groups is 1. The number of likely N-dealkylation sites (tertiary alicyclic amines) is 4. The van der Waals surface area contributed by atoms with Crippen molar-refractivity contribution in [3.8, 4) is 0 Å². The van der Waals surface area contributed by atoms with E-state index >= 15 is 0 Å². The van der Waals surface area contributed by atoms with Gasteiger partial charge in [0.05, 0.1) is 129 Å². The zero-order chi connectivity index (χ0) is 34.4. The fraction of sp³-hybridized carbons (Fsp3) is 1.00. The summed E-state index contributed by atoms with van der Waals surface area (Å²) in [5.74, 6) is 0. The molecule has 0 aromatic rings. The van der Waals surface area contributed by atoms with Crippen LogP contribution in [-0.2, 0) is 9.47 Å². The molecule has 276 valence electrons. The van der Waals surface area contributed by atoms with Crippen LogP contribution in [0.2, 0.25) is 0 Å². The Labute approximate surface area is 287 Å². The van der Waals surface area contributed by atoms with Gasteiger partial charge < -0.3 is 37.4 Å². The van der Waals surface area contributed by atoms with E-state index in [-0.39, 0.29) is 6.61 Å². The first kappa shape index (κ1) is 43.7. The van der Waals surface area contributed by atoms with Crippen molar-refractivity contribution in [1.29, 1.82) is 0 Å². The number of morpholine rings is 2. The predicted octanol–water partition coefficient (Wildman–Crippen LogP) is 3.47. The van der Waals surface area contributed by atoms with E-state index in [9.17, 15) is 0 Å². The Morgan fingerprint density at radius 3 is 1.00 bits per heavy atom. The Morgan fingerprint density at radius 1 is 0.435 bits per heavy atom. The molecule has 0 unspecified atom stereocenters. The summed E-state index contributed by atoms with van der Waals surface area (Å²) in [6.07, 6.45) is 14.4. The molecule has 0 radical (unpaired) electrons. The smallest absolute Gasteiger partial charge is 0.102 e. The van der Waals surface area contributed by atoms with E-state index in [0.717, 1.165) is 50.5 Å². The summed E-state index contributed by atoms with van der Waals surface area (Å²) in [7, 11) is 20.5. The van der Waals surface area contributed by atoms with Crippen LogP contribution in [-0.4, -0.2) is 214 Å². The fourth-order valence-electron chi connectivity index (χ4n) is 6.61. The van der Waals surface area contributed by atoms with Gasteiger partial charge in [0.2, 0.25) is 0 Å². The average Bonchev–Trinajstić information content (AvgIpc) is 3.65. The number of piperidine rings is 2. The highest BCUT2D eigenvalue weighted by Gasteiger charge is 2.21. The van der Waals surface area contributed by atoms with Gasteiger partial charge in [0.15, 0.2) is 0 Å². The summed E-state index contributed by atoms with van der Waals surface area (Å²) < 4.78 is 15.2. The van der Waals surface area contributed by atoms with Crippen LogP contribution in [0.4, 0.5) is 0 Å². The van der Waals surface area contributed by atoms with E-state index in [1.807, 2.05) is 0 Å². The predicted molar refractivity (Wildman–Crippen MR) is 196 cm³/mol. The van der Waals surface area contributed by atoms with Crippen LogP contribution >= 0.6 is 0 Å². The van der Waals surface area contributed by atoms with Crippen molar-refractivity contribution in [2.45, 2.75) is 64.2 Å². The van der Waals surface area contributed by atoms with E-state index in [1.54, 1.807) is 0 Å². The second-order valence-electron chi connectivity index (χ2n) is 17.2. The molecule has 0 saturated carbocycles. The van der Waals surface area contributed by atoms with E-state index in [0.29, 0.717) is 0 Å². The summed E-state index contributed by atoms with van der Waals surface area (Å²) in [6.45, 7) is 19.8. The normalized spacial score (nSPS) is 26.5. The van der Waals surface area contributed by atoms with Crippen molar-refractivity contribution in [3.05, 3.63) is 0 Å². The third-order valence-corrected chi connectivity index (χ3v) is 10.4. The maximum atomic E-state index is 8.54. The van der Waals surface area contributed by atoms with Crippen LogP contribution in [0.15, 0.2) is 0 Å². The molecular formula is C37H84N6O3+4. The van der Waals surface area contributed by atoms with Crippen molar-refractivity contribution < 1.29 is 32.5 Å². The van der Waals surface area contributed by atoms with Gasteiger partial charge in [-0.15, -0.1) is 0 Å². The molecule has 6 rings (SSSR count). The van der Waals surface area contributed by atoms with Gasteiger partial charge in [-0.3, -0.25) is 4.90 Å². The van der Waals surface area contributed by atoms with Gasteiger partial charge in [-0.25, -0.2) is 0 Å². The highest BCUT2D eigenvalue weighted by atomic mass is 16.5. The Hall–Kier alpha value is -0.360.